The molecule has 0 bridgehead atoms. The van der Waals surface area contributed by atoms with Crippen LogP contribution >= 0.6 is 23.4 Å². The van der Waals surface area contributed by atoms with Crippen molar-refractivity contribution in [1.82, 2.24) is 15.3 Å². The van der Waals surface area contributed by atoms with E-state index in [0.29, 0.717) is 5.16 Å². The molecule has 6 nitrogen and oxygen atoms in total. The van der Waals surface area contributed by atoms with E-state index in [9.17, 15) is 14.7 Å². The first-order chi connectivity index (χ1) is 11.5. The van der Waals surface area contributed by atoms with Crippen molar-refractivity contribution in [2.75, 3.05) is 5.75 Å². The van der Waals surface area contributed by atoms with E-state index < -0.39 is 17.9 Å². The number of nitrogens with zero attached hydrogens (tertiary/aromatic N) is 2. The minimum absolute atomic E-state index is 0.0260. The van der Waals surface area contributed by atoms with Crippen LogP contribution in [0.25, 0.3) is 0 Å². The number of hydrogen-bond donors (Lipinski definition) is 2. The van der Waals surface area contributed by atoms with Crippen LogP contribution in [0.1, 0.15) is 23.0 Å². The summed E-state index contributed by atoms with van der Waals surface area (Å²) in [7, 11) is 0. The van der Waals surface area contributed by atoms with Gasteiger partial charge >= 0.3 is 5.97 Å². The van der Waals surface area contributed by atoms with Crippen molar-refractivity contribution in [3.63, 3.8) is 0 Å². The summed E-state index contributed by atoms with van der Waals surface area (Å²) in [6.07, 6.45) is 1.51. The number of amides is 1. The molecule has 0 saturated heterocycles. The molecule has 1 atom stereocenters. The zero-order chi connectivity index (χ0) is 17.5. The van der Waals surface area contributed by atoms with E-state index in [1.54, 1.807) is 12.1 Å². The van der Waals surface area contributed by atoms with Crippen molar-refractivity contribution in [3.05, 3.63) is 52.8 Å². The molecule has 2 N–H and O–H groups in total. The molecule has 1 unspecified atom stereocenters. The Labute approximate surface area is 148 Å². The number of carboxylic acids is 1. The monoisotopic (exact) mass is 365 g/mol. The quantitative estimate of drug-likeness (QED) is 0.579. The number of hydrogen-bond acceptors (Lipinski definition) is 5. The number of halogens is 1. The number of aliphatic carboxylic acids is 1. The molecule has 0 spiro atoms. The molecular weight excluding hydrogens is 350 g/mol. The maximum atomic E-state index is 12.4. The highest BCUT2D eigenvalue weighted by Gasteiger charge is 2.23. The molecule has 2 rings (SSSR count). The molecule has 2 aromatic rings. The second-order valence-corrected chi connectivity index (χ2v) is 6.47. The second kappa shape index (κ2) is 8.65. The molecular formula is C16H16ClN3O3S. The van der Waals surface area contributed by atoms with E-state index in [0.717, 1.165) is 11.3 Å². The Morgan fingerprint density at radius 2 is 2.04 bits per heavy atom. The van der Waals surface area contributed by atoms with Gasteiger partial charge in [-0.15, -0.1) is 0 Å². The summed E-state index contributed by atoms with van der Waals surface area (Å²) >= 11 is 7.34. The fourth-order valence-corrected chi connectivity index (χ4v) is 2.70. The maximum absolute atomic E-state index is 12.4. The smallest absolute Gasteiger partial charge is 0.326 e. The second-order valence-electron chi connectivity index (χ2n) is 4.84. The Morgan fingerprint density at radius 1 is 1.33 bits per heavy atom. The Morgan fingerprint density at radius 3 is 2.67 bits per heavy atom. The van der Waals surface area contributed by atoms with E-state index >= 15 is 0 Å². The van der Waals surface area contributed by atoms with Crippen molar-refractivity contribution in [2.24, 2.45) is 0 Å². The van der Waals surface area contributed by atoms with Gasteiger partial charge in [-0.1, -0.05) is 60.6 Å². The van der Waals surface area contributed by atoms with Gasteiger partial charge in [0.05, 0.1) is 11.2 Å². The van der Waals surface area contributed by atoms with E-state index in [-0.39, 0.29) is 17.1 Å². The van der Waals surface area contributed by atoms with Gasteiger partial charge in [0.1, 0.15) is 6.04 Å². The third kappa shape index (κ3) is 4.94. The minimum Gasteiger partial charge on any atom is -0.480 e. The molecule has 126 valence electrons. The van der Waals surface area contributed by atoms with Crippen LogP contribution in [0, 0.1) is 0 Å². The lowest BCUT2D eigenvalue weighted by Gasteiger charge is -2.15. The third-order valence-corrected chi connectivity index (χ3v) is 4.12. The van der Waals surface area contributed by atoms with E-state index in [4.69, 9.17) is 11.6 Å². The number of carboxylic acid groups (broad SMARTS) is 1. The summed E-state index contributed by atoms with van der Waals surface area (Å²) in [5.74, 6) is -1.02. The first-order valence-corrected chi connectivity index (χ1v) is 8.60. The number of carbonyl (C=O) groups excluding carboxylic acids is 1. The van der Waals surface area contributed by atoms with Gasteiger partial charge in [0.25, 0.3) is 5.91 Å². The van der Waals surface area contributed by atoms with Crippen molar-refractivity contribution < 1.29 is 14.7 Å². The Kier molecular flexibility index (Phi) is 6.57. The molecule has 0 fully saturated rings. The van der Waals surface area contributed by atoms with Gasteiger partial charge in [-0.25, -0.2) is 14.8 Å². The van der Waals surface area contributed by atoms with Gasteiger partial charge < -0.3 is 10.4 Å². The molecule has 24 heavy (non-hydrogen) atoms. The third-order valence-electron chi connectivity index (χ3n) is 3.10. The first-order valence-electron chi connectivity index (χ1n) is 7.24. The molecule has 1 aromatic carbocycles. The molecule has 0 radical (unpaired) electrons. The van der Waals surface area contributed by atoms with Crippen LogP contribution in [-0.4, -0.2) is 38.7 Å². The van der Waals surface area contributed by atoms with E-state index in [1.807, 2.05) is 25.1 Å². The Balaban J connectivity index is 2.16. The topological polar surface area (TPSA) is 92.2 Å². The zero-order valence-corrected chi connectivity index (χ0v) is 14.5. The Hall–Kier alpha value is -2.12. The summed E-state index contributed by atoms with van der Waals surface area (Å²) in [5.41, 5.74) is 0.781. The zero-order valence-electron chi connectivity index (χ0n) is 12.9. The SMILES string of the molecule is CCSc1ncc(Cl)c(C(=O)NC(Cc2ccccc2)C(=O)O)n1. The van der Waals surface area contributed by atoms with Crippen molar-refractivity contribution in [2.45, 2.75) is 24.5 Å². The van der Waals surface area contributed by atoms with Gasteiger partial charge in [0.2, 0.25) is 0 Å². The molecule has 1 heterocycles. The highest BCUT2D eigenvalue weighted by atomic mass is 35.5. The lowest BCUT2D eigenvalue weighted by atomic mass is 10.1. The standard InChI is InChI=1S/C16H16ClN3O3S/c1-2-24-16-18-9-11(17)13(20-16)14(21)19-12(15(22)23)8-10-6-4-3-5-7-10/h3-7,9,12H,2,8H2,1H3,(H,19,21)(H,22,23). The number of rotatable bonds is 7. The number of carbonyl (C=O) groups is 2. The lowest BCUT2D eigenvalue weighted by molar-refractivity contribution is -0.139. The van der Waals surface area contributed by atoms with E-state index in [1.165, 1.54) is 18.0 Å². The average molecular weight is 366 g/mol. The van der Waals surface area contributed by atoms with Crippen LogP contribution in [-0.2, 0) is 11.2 Å². The van der Waals surface area contributed by atoms with Gasteiger partial charge in [-0.3, -0.25) is 4.79 Å². The van der Waals surface area contributed by atoms with Crippen LogP contribution in [0.2, 0.25) is 5.02 Å². The lowest BCUT2D eigenvalue weighted by Crippen LogP contribution is -2.42. The van der Waals surface area contributed by atoms with E-state index in [2.05, 4.69) is 15.3 Å². The number of aromatic nitrogens is 2. The highest BCUT2D eigenvalue weighted by molar-refractivity contribution is 7.99. The molecule has 1 amide bonds. The van der Waals surface area contributed by atoms with Crippen LogP contribution in [0.15, 0.2) is 41.7 Å². The highest BCUT2D eigenvalue weighted by Crippen LogP contribution is 2.18. The van der Waals surface area contributed by atoms with Crippen molar-refractivity contribution >= 4 is 35.2 Å². The number of benzene rings is 1. The number of nitrogens with one attached hydrogen (secondary N) is 1. The summed E-state index contributed by atoms with van der Waals surface area (Å²) < 4.78 is 0. The van der Waals surface area contributed by atoms with Crippen LogP contribution in [0.3, 0.4) is 0 Å². The van der Waals surface area contributed by atoms with Gasteiger partial charge in [-0.2, -0.15) is 0 Å². The minimum atomic E-state index is -1.12. The average Bonchev–Trinajstić information content (AvgIpc) is 2.57. The molecule has 1 aromatic heterocycles. The fraction of sp³-hybridized carbons (Fsp3) is 0.250. The molecule has 0 aliphatic heterocycles. The predicted octanol–water partition coefficient (Wildman–Crippen LogP) is 2.67. The molecule has 8 heteroatoms. The largest absolute Gasteiger partial charge is 0.480 e. The number of thioether (sulfide) groups is 1. The first kappa shape index (κ1) is 18.2. The summed E-state index contributed by atoms with van der Waals surface area (Å²) in [4.78, 5) is 31.9. The van der Waals surface area contributed by atoms with Crippen molar-refractivity contribution in [1.29, 1.82) is 0 Å². The fourth-order valence-electron chi connectivity index (χ4n) is 1.99. The van der Waals surface area contributed by atoms with Gasteiger partial charge in [-0.05, 0) is 11.3 Å². The van der Waals surface area contributed by atoms with Crippen molar-refractivity contribution in [3.8, 4) is 0 Å². The molecule has 0 aliphatic carbocycles. The Bertz CT molecular complexity index is 728. The predicted molar refractivity (Wildman–Crippen MR) is 92.5 cm³/mol. The summed E-state index contributed by atoms with van der Waals surface area (Å²) in [6.45, 7) is 1.93. The summed E-state index contributed by atoms with van der Waals surface area (Å²) in [6, 6.07) is 7.99. The van der Waals surface area contributed by atoms with Crippen LogP contribution < -0.4 is 5.32 Å². The van der Waals surface area contributed by atoms with Crippen LogP contribution in [0.4, 0.5) is 0 Å². The summed E-state index contributed by atoms with van der Waals surface area (Å²) in [5, 5.41) is 12.3. The molecule has 0 aliphatic rings. The van der Waals surface area contributed by atoms with Gasteiger partial charge in [0.15, 0.2) is 10.9 Å². The molecule has 0 saturated carbocycles. The van der Waals surface area contributed by atoms with Crippen LogP contribution in [0.5, 0.6) is 0 Å². The maximum Gasteiger partial charge on any atom is 0.326 e. The van der Waals surface area contributed by atoms with Gasteiger partial charge in [0, 0.05) is 6.42 Å². The normalized spacial score (nSPS) is 11.8.